The predicted octanol–water partition coefficient (Wildman–Crippen LogP) is 3.77. The molecule has 2 N–H and O–H groups in total. The molecule has 0 spiro atoms. The Hall–Kier alpha value is -1.85. The number of hydrogen-bond acceptors (Lipinski definition) is 3. The van der Waals surface area contributed by atoms with Crippen LogP contribution in [0.2, 0.25) is 0 Å². The van der Waals surface area contributed by atoms with E-state index in [1.165, 1.54) is 12.1 Å². The number of hydrogen-bond donors (Lipinski definition) is 1. The van der Waals surface area contributed by atoms with Crippen LogP contribution in [-0.4, -0.2) is 9.97 Å². The minimum Gasteiger partial charge on any atom is -0.322 e. The molecule has 2 aromatic carbocycles. The second-order valence-electron chi connectivity index (χ2n) is 4.86. The van der Waals surface area contributed by atoms with E-state index in [0.29, 0.717) is 6.42 Å². The Kier molecular flexibility index (Phi) is 3.94. The molecule has 1 unspecified atom stereocenters. The summed E-state index contributed by atoms with van der Waals surface area (Å²) in [5, 5.41) is 0. The summed E-state index contributed by atoms with van der Waals surface area (Å²) in [6, 6.07) is 11.8. The first-order chi connectivity index (χ1) is 10.1. The number of halogens is 2. The van der Waals surface area contributed by atoms with Crippen molar-refractivity contribution in [1.82, 2.24) is 9.97 Å². The molecular weight excluding hydrogens is 333 g/mol. The van der Waals surface area contributed by atoms with E-state index in [-0.39, 0.29) is 11.9 Å². The maximum atomic E-state index is 12.9. The van der Waals surface area contributed by atoms with Crippen LogP contribution in [0.3, 0.4) is 0 Å². The molecular formula is C16H13BrFN3. The summed E-state index contributed by atoms with van der Waals surface area (Å²) >= 11 is 3.41. The molecule has 5 heteroatoms. The van der Waals surface area contributed by atoms with Crippen molar-refractivity contribution in [3.63, 3.8) is 0 Å². The zero-order chi connectivity index (χ0) is 14.8. The fourth-order valence-corrected chi connectivity index (χ4v) is 2.50. The van der Waals surface area contributed by atoms with Crippen LogP contribution in [0.15, 0.2) is 53.1 Å². The van der Waals surface area contributed by atoms with Crippen molar-refractivity contribution in [2.45, 2.75) is 12.5 Å². The van der Waals surface area contributed by atoms with Gasteiger partial charge in [0.25, 0.3) is 0 Å². The van der Waals surface area contributed by atoms with Crippen molar-refractivity contribution in [2.24, 2.45) is 5.73 Å². The van der Waals surface area contributed by atoms with Gasteiger partial charge in [-0.3, -0.25) is 4.98 Å². The first-order valence-electron chi connectivity index (χ1n) is 6.54. The summed E-state index contributed by atoms with van der Waals surface area (Å²) in [6.07, 6.45) is 2.29. The lowest BCUT2D eigenvalue weighted by atomic mass is 10.0. The Morgan fingerprint density at radius 2 is 1.86 bits per heavy atom. The van der Waals surface area contributed by atoms with Gasteiger partial charge in [0.05, 0.1) is 29.0 Å². The topological polar surface area (TPSA) is 51.8 Å². The van der Waals surface area contributed by atoms with E-state index in [0.717, 1.165) is 26.8 Å². The Balaban J connectivity index is 1.85. The molecule has 0 fully saturated rings. The van der Waals surface area contributed by atoms with Gasteiger partial charge in [-0.2, -0.15) is 0 Å². The number of aromatic nitrogens is 2. The molecule has 0 saturated carbocycles. The van der Waals surface area contributed by atoms with Crippen LogP contribution in [0.4, 0.5) is 4.39 Å². The fraction of sp³-hybridized carbons (Fsp3) is 0.125. The molecule has 0 aliphatic heterocycles. The highest BCUT2D eigenvalue weighted by Gasteiger charge is 2.10. The SMILES string of the molecule is NC(Cc1ccc(F)cc1)c1cnc2cc(Br)ccc2n1. The quantitative estimate of drug-likeness (QED) is 0.785. The van der Waals surface area contributed by atoms with Crippen LogP contribution in [-0.2, 0) is 6.42 Å². The van der Waals surface area contributed by atoms with Gasteiger partial charge in [0, 0.05) is 4.47 Å². The summed E-state index contributed by atoms with van der Waals surface area (Å²) in [5.74, 6) is -0.247. The third-order valence-corrected chi connectivity index (χ3v) is 3.76. The smallest absolute Gasteiger partial charge is 0.123 e. The van der Waals surface area contributed by atoms with Gasteiger partial charge >= 0.3 is 0 Å². The van der Waals surface area contributed by atoms with Crippen molar-refractivity contribution in [2.75, 3.05) is 0 Å². The highest BCUT2D eigenvalue weighted by molar-refractivity contribution is 9.10. The van der Waals surface area contributed by atoms with Crippen LogP contribution in [0, 0.1) is 5.82 Å². The Labute approximate surface area is 130 Å². The molecule has 0 saturated heterocycles. The lowest BCUT2D eigenvalue weighted by molar-refractivity contribution is 0.625. The van der Waals surface area contributed by atoms with Crippen LogP contribution < -0.4 is 5.73 Å². The molecule has 1 aromatic heterocycles. The number of nitrogens with two attached hydrogens (primary N) is 1. The average Bonchev–Trinajstić information content (AvgIpc) is 2.49. The molecule has 3 nitrogen and oxygen atoms in total. The molecule has 3 rings (SSSR count). The van der Waals surface area contributed by atoms with Crippen LogP contribution >= 0.6 is 15.9 Å². The molecule has 106 valence electrons. The highest BCUT2D eigenvalue weighted by atomic mass is 79.9. The van der Waals surface area contributed by atoms with E-state index in [1.54, 1.807) is 18.3 Å². The zero-order valence-corrected chi connectivity index (χ0v) is 12.7. The molecule has 0 aliphatic carbocycles. The van der Waals surface area contributed by atoms with E-state index in [2.05, 4.69) is 25.9 Å². The Morgan fingerprint density at radius 3 is 2.62 bits per heavy atom. The van der Waals surface area contributed by atoms with Gasteiger partial charge in [0.1, 0.15) is 5.82 Å². The summed E-state index contributed by atoms with van der Waals surface area (Å²) in [7, 11) is 0. The summed E-state index contributed by atoms with van der Waals surface area (Å²) in [6.45, 7) is 0. The number of rotatable bonds is 3. The monoisotopic (exact) mass is 345 g/mol. The lowest BCUT2D eigenvalue weighted by Gasteiger charge is -2.11. The van der Waals surface area contributed by atoms with Gasteiger partial charge in [0.15, 0.2) is 0 Å². The molecule has 1 heterocycles. The third kappa shape index (κ3) is 3.25. The zero-order valence-electron chi connectivity index (χ0n) is 11.1. The minimum atomic E-state index is -0.268. The molecule has 0 amide bonds. The normalized spacial score (nSPS) is 12.5. The van der Waals surface area contributed by atoms with Crippen LogP contribution in [0.1, 0.15) is 17.3 Å². The van der Waals surface area contributed by atoms with Crippen LogP contribution in [0.25, 0.3) is 11.0 Å². The maximum Gasteiger partial charge on any atom is 0.123 e. The van der Waals surface area contributed by atoms with E-state index in [4.69, 9.17) is 5.73 Å². The first-order valence-corrected chi connectivity index (χ1v) is 7.33. The van der Waals surface area contributed by atoms with Gasteiger partial charge in [-0.1, -0.05) is 28.1 Å². The average molecular weight is 346 g/mol. The summed E-state index contributed by atoms with van der Waals surface area (Å²) < 4.78 is 13.9. The first kappa shape index (κ1) is 14.1. The van der Waals surface area contributed by atoms with E-state index >= 15 is 0 Å². The molecule has 3 aromatic rings. The van der Waals surface area contributed by atoms with Crippen molar-refractivity contribution < 1.29 is 4.39 Å². The van der Waals surface area contributed by atoms with Crippen LogP contribution in [0.5, 0.6) is 0 Å². The molecule has 0 bridgehead atoms. The summed E-state index contributed by atoms with van der Waals surface area (Å²) in [5.41, 5.74) is 9.52. The van der Waals surface area contributed by atoms with Gasteiger partial charge < -0.3 is 5.73 Å². The van der Waals surface area contributed by atoms with Crippen molar-refractivity contribution in [1.29, 1.82) is 0 Å². The molecule has 0 radical (unpaired) electrons. The number of benzene rings is 2. The standard InChI is InChI=1S/C16H13BrFN3/c17-11-3-6-14-15(8-11)20-9-16(21-14)13(19)7-10-1-4-12(18)5-2-10/h1-6,8-9,13H,7,19H2. The Bertz CT molecular complexity index is 774. The maximum absolute atomic E-state index is 12.9. The van der Waals surface area contributed by atoms with Crippen molar-refractivity contribution >= 4 is 27.0 Å². The molecule has 0 aliphatic rings. The number of fused-ring (bicyclic) bond motifs is 1. The van der Waals surface area contributed by atoms with E-state index in [9.17, 15) is 4.39 Å². The van der Waals surface area contributed by atoms with E-state index in [1.807, 2.05) is 18.2 Å². The van der Waals surface area contributed by atoms with Gasteiger partial charge in [0.2, 0.25) is 0 Å². The highest BCUT2D eigenvalue weighted by Crippen LogP contribution is 2.19. The second-order valence-corrected chi connectivity index (χ2v) is 5.78. The molecule has 21 heavy (non-hydrogen) atoms. The van der Waals surface area contributed by atoms with E-state index < -0.39 is 0 Å². The summed E-state index contributed by atoms with van der Waals surface area (Å²) in [4.78, 5) is 8.93. The second kappa shape index (κ2) is 5.87. The number of nitrogens with zero attached hydrogens (tertiary/aromatic N) is 2. The van der Waals surface area contributed by atoms with Gasteiger partial charge in [-0.15, -0.1) is 0 Å². The van der Waals surface area contributed by atoms with Gasteiger partial charge in [-0.25, -0.2) is 9.37 Å². The lowest BCUT2D eigenvalue weighted by Crippen LogP contribution is -2.15. The minimum absolute atomic E-state index is 0.247. The van der Waals surface area contributed by atoms with Crippen molar-refractivity contribution in [3.8, 4) is 0 Å². The third-order valence-electron chi connectivity index (χ3n) is 3.27. The molecule has 1 atom stereocenters. The predicted molar refractivity (Wildman–Crippen MR) is 84.3 cm³/mol. The van der Waals surface area contributed by atoms with Gasteiger partial charge in [-0.05, 0) is 42.3 Å². The Morgan fingerprint density at radius 1 is 1.10 bits per heavy atom. The van der Waals surface area contributed by atoms with Crippen molar-refractivity contribution in [3.05, 3.63) is 70.2 Å². The fourth-order valence-electron chi connectivity index (χ4n) is 2.16. The largest absolute Gasteiger partial charge is 0.322 e.